The Bertz CT molecular complexity index is 511. The van der Waals surface area contributed by atoms with E-state index in [1.165, 1.54) is 44.6 Å². The van der Waals surface area contributed by atoms with E-state index in [9.17, 15) is 9.59 Å². The molecule has 0 aliphatic rings. The zero-order valence-corrected chi connectivity index (χ0v) is 14.4. The van der Waals surface area contributed by atoms with Crippen LogP contribution in [-0.2, 0) is 0 Å². The summed E-state index contributed by atoms with van der Waals surface area (Å²) in [6, 6.07) is 4.81. The van der Waals surface area contributed by atoms with E-state index in [4.69, 9.17) is 5.11 Å². The highest BCUT2D eigenvalue weighted by Crippen LogP contribution is 2.14. The maximum atomic E-state index is 12.1. The molecule has 128 valence electrons. The Morgan fingerprint density at radius 2 is 1.52 bits per heavy atom. The van der Waals surface area contributed by atoms with E-state index in [2.05, 4.69) is 12.2 Å². The topological polar surface area (TPSA) is 66.4 Å². The summed E-state index contributed by atoms with van der Waals surface area (Å²) in [4.78, 5) is 23.2. The van der Waals surface area contributed by atoms with Gasteiger partial charge in [-0.15, -0.1) is 0 Å². The third-order valence-corrected chi connectivity index (χ3v) is 4.12. The van der Waals surface area contributed by atoms with Gasteiger partial charge in [0.05, 0.1) is 5.56 Å². The second-order valence-electron chi connectivity index (χ2n) is 6.01. The molecule has 0 radical (unpaired) electrons. The van der Waals surface area contributed by atoms with Gasteiger partial charge >= 0.3 is 5.97 Å². The zero-order valence-electron chi connectivity index (χ0n) is 14.4. The molecule has 0 saturated heterocycles. The van der Waals surface area contributed by atoms with Crippen LogP contribution in [0.15, 0.2) is 18.2 Å². The Morgan fingerprint density at radius 1 is 0.957 bits per heavy atom. The van der Waals surface area contributed by atoms with Crippen LogP contribution in [0.4, 0.5) is 0 Å². The highest BCUT2D eigenvalue weighted by atomic mass is 16.4. The predicted octanol–water partition coefficient (Wildman–Crippen LogP) is 4.56. The number of hydrogen-bond donors (Lipinski definition) is 2. The van der Waals surface area contributed by atoms with Gasteiger partial charge in [0.15, 0.2) is 0 Å². The summed E-state index contributed by atoms with van der Waals surface area (Å²) >= 11 is 0. The van der Waals surface area contributed by atoms with Crippen molar-refractivity contribution in [3.63, 3.8) is 0 Å². The number of carbonyl (C=O) groups excluding carboxylic acids is 1. The molecule has 1 aromatic rings. The molecule has 0 spiro atoms. The fourth-order valence-electron chi connectivity index (χ4n) is 2.67. The standard InChI is InChI=1S/C19H29NO3/c1-3-4-5-6-7-8-9-10-14-20-18(21)16-12-11-13-17(15(16)2)19(22)23/h11-13H,3-10,14H2,1-2H3,(H,20,21)(H,22,23). The minimum Gasteiger partial charge on any atom is -0.478 e. The number of hydrogen-bond acceptors (Lipinski definition) is 2. The molecule has 1 amide bonds. The van der Waals surface area contributed by atoms with Crippen molar-refractivity contribution in [2.75, 3.05) is 6.54 Å². The molecule has 0 heterocycles. The van der Waals surface area contributed by atoms with E-state index in [0.717, 1.165) is 12.8 Å². The number of amides is 1. The Labute approximate surface area is 139 Å². The molecule has 0 aliphatic carbocycles. The highest BCUT2D eigenvalue weighted by molar-refractivity contribution is 5.99. The molecule has 2 N–H and O–H groups in total. The fraction of sp³-hybridized carbons (Fsp3) is 0.579. The molecule has 0 fully saturated rings. The number of carboxylic acids is 1. The average molecular weight is 319 g/mol. The number of carboxylic acid groups (broad SMARTS) is 1. The molecule has 0 aliphatic heterocycles. The van der Waals surface area contributed by atoms with Crippen LogP contribution in [0.1, 0.15) is 84.6 Å². The van der Waals surface area contributed by atoms with Crippen molar-refractivity contribution >= 4 is 11.9 Å². The molecule has 4 nitrogen and oxygen atoms in total. The van der Waals surface area contributed by atoms with Gasteiger partial charge in [0.2, 0.25) is 0 Å². The first kappa shape index (κ1) is 19.2. The van der Waals surface area contributed by atoms with Gasteiger partial charge in [-0.05, 0) is 31.0 Å². The lowest BCUT2D eigenvalue weighted by molar-refractivity contribution is 0.0696. The first-order valence-electron chi connectivity index (χ1n) is 8.69. The first-order valence-corrected chi connectivity index (χ1v) is 8.69. The van der Waals surface area contributed by atoms with E-state index in [1.807, 2.05) is 0 Å². The summed E-state index contributed by atoms with van der Waals surface area (Å²) in [6.45, 7) is 4.54. The number of carbonyl (C=O) groups is 2. The monoisotopic (exact) mass is 319 g/mol. The molecule has 1 aromatic carbocycles. The van der Waals surface area contributed by atoms with E-state index in [1.54, 1.807) is 19.1 Å². The summed E-state index contributed by atoms with van der Waals surface area (Å²) in [5.41, 5.74) is 1.16. The Balaban J connectivity index is 2.27. The SMILES string of the molecule is CCCCCCCCCCNC(=O)c1cccc(C(=O)O)c1C. The smallest absolute Gasteiger partial charge is 0.335 e. The molecule has 0 unspecified atom stereocenters. The van der Waals surface area contributed by atoms with Gasteiger partial charge in [-0.3, -0.25) is 4.79 Å². The van der Waals surface area contributed by atoms with Gasteiger partial charge in [0.25, 0.3) is 5.91 Å². The van der Waals surface area contributed by atoms with Crippen LogP contribution in [0.2, 0.25) is 0 Å². The highest BCUT2D eigenvalue weighted by Gasteiger charge is 2.14. The third kappa shape index (κ3) is 6.85. The Kier molecular flexibility index (Phi) is 9.03. The van der Waals surface area contributed by atoms with Crippen LogP contribution >= 0.6 is 0 Å². The normalized spacial score (nSPS) is 10.5. The molecular weight excluding hydrogens is 290 g/mol. The lowest BCUT2D eigenvalue weighted by Crippen LogP contribution is -2.25. The van der Waals surface area contributed by atoms with Gasteiger partial charge in [-0.25, -0.2) is 4.79 Å². The van der Waals surface area contributed by atoms with Crippen LogP contribution in [0.5, 0.6) is 0 Å². The van der Waals surface area contributed by atoms with Crippen molar-refractivity contribution in [2.45, 2.75) is 65.2 Å². The molecular formula is C19H29NO3. The number of rotatable bonds is 11. The van der Waals surface area contributed by atoms with Crippen LogP contribution in [0, 0.1) is 6.92 Å². The molecule has 0 atom stereocenters. The lowest BCUT2D eigenvalue weighted by atomic mass is 10.0. The second kappa shape index (κ2) is 10.8. The molecule has 23 heavy (non-hydrogen) atoms. The van der Waals surface area contributed by atoms with E-state index < -0.39 is 5.97 Å². The molecule has 0 saturated carbocycles. The second-order valence-corrected chi connectivity index (χ2v) is 6.01. The summed E-state index contributed by atoms with van der Waals surface area (Å²) in [5.74, 6) is -1.19. The Morgan fingerprint density at radius 3 is 2.13 bits per heavy atom. The van der Waals surface area contributed by atoms with Crippen LogP contribution in [0.25, 0.3) is 0 Å². The molecule has 0 aromatic heterocycles. The average Bonchev–Trinajstić information content (AvgIpc) is 2.53. The maximum absolute atomic E-state index is 12.1. The number of aromatic carboxylic acids is 1. The summed E-state index contributed by atoms with van der Waals surface area (Å²) < 4.78 is 0. The van der Waals surface area contributed by atoms with Crippen molar-refractivity contribution in [1.82, 2.24) is 5.32 Å². The number of benzene rings is 1. The summed E-state index contributed by atoms with van der Waals surface area (Å²) in [5, 5.41) is 12.0. The van der Waals surface area contributed by atoms with Gasteiger partial charge < -0.3 is 10.4 Å². The maximum Gasteiger partial charge on any atom is 0.335 e. The largest absolute Gasteiger partial charge is 0.478 e. The van der Waals surface area contributed by atoms with Crippen molar-refractivity contribution in [3.8, 4) is 0 Å². The molecule has 0 bridgehead atoms. The van der Waals surface area contributed by atoms with Crippen LogP contribution < -0.4 is 5.32 Å². The quantitative estimate of drug-likeness (QED) is 0.587. The van der Waals surface area contributed by atoms with E-state index in [0.29, 0.717) is 17.7 Å². The Hall–Kier alpha value is -1.84. The minimum atomic E-state index is -1.000. The van der Waals surface area contributed by atoms with E-state index >= 15 is 0 Å². The van der Waals surface area contributed by atoms with E-state index in [-0.39, 0.29) is 11.5 Å². The summed E-state index contributed by atoms with van der Waals surface area (Å²) in [7, 11) is 0. The molecule has 1 rings (SSSR count). The zero-order chi connectivity index (χ0) is 17.1. The third-order valence-electron chi connectivity index (χ3n) is 4.12. The van der Waals surface area contributed by atoms with Crippen LogP contribution in [0.3, 0.4) is 0 Å². The van der Waals surface area contributed by atoms with Gasteiger partial charge in [0.1, 0.15) is 0 Å². The predicted molar refractivity (Wildman–Crippen MR) is 93.1 cm³/mol. The minimum absolute atomic E-state index is 0.185. The molecule has 4 heteroatoms. The van der Waals surface area contributed by atoms with Gasteiger partial charge in [0, 0.05) is 12.1 Å². The van der Waals surface area contributed by atoms with Gasteiger partial charge in [-0.1, -0.05) is 57.9 Å². The van der Waals surface area contributed by atoms with Crippen molar-refractivity contribution in [3.05, 3.63) is 34.9 Å². The van der Waals surface area contributed by atoms with Crippen molar-refractivity contribution < 1.29 is 14.7 Å². The lowest BCUT2D eigenvalue weighted by Gasteiger charge is -2.09. The van der Waals surface area contributed by atoms with Crippen LogP contribution in [-0.4, -0.2) is 23.5 Å². The van der Waals surface area contributed by atoms with Crippen molar-refractivity contribution in [1.29, 1.82) is 0 Å². The number of nitrogens with one attached hydrogen (secondary N) is 1. The van der Waals surface area contributed by atoms with Crippen molar-refractivity contribution in [2.24, 2.45) is 0 Å². The van der Waals surface area contributed by atoms with Gasteiger partial charge in [-0.2, -0.15) is 0 Å². The first-order chi connectivity index (χ1) is 11.1. The fourth-order valence-corrected chi connectivity index (χ4v) is 2.67. The summed E-state index contributed by atoms with van der Waals surface area (Å²) in [6.07, 6.45) is 9.81. The number of unbranched alkanes of at least 4 members (excludes halogenated alkanes) is 7.